The molecule has 5 rings (SSSR count). The second-order valence-corrected chi connectivity index (χ2v) is 9.41. The number of hydrogen-bond donors (Lipinski definition) is 2. The Morgan fingerprint density at radius 3 is 2.35 bits per heavy atom. The zero-order chi connectivity index (χ0) is 30.8. The number of ether oxygens (including phenoxy) is 3. The fourth-order valence-corrected chi connectivity index (χ4v) is 4.72. The largest absolute Gasteiger partial charge is 0.491 e. The molecule has 0 aliphatic rings. The molecule has 0 radical (unpaired) electrons. The second-order valence-electron chi connectivity index (χ2n) is 9.41. The van der Waals surface area contributed by atoms with Crippen molar-refractivity contribution in [2.24, 2.45) is 7.05 Å². The number of benzene rings is 2. The van der Waals surface area contributed by atoms with E-state index in [1.54, 1.807) is 31.7 Å². The van der Waals surface area contributed by atoms with Crippen molar-refractivity contribution in [2.45, 2.75) is 6.92 Å². The number of hydrogen-bond acceptors (Lipinski definition) is 8. The van der Waals surface area contributed by atoms with Gasteiger partial charge in [-0.3, -0.25) is 14.6 Å². The van der Waals surface area contributed by atoms with Gasteiger partial charge in [0.2, 0.25) is 5.43 Å². The van der Waals surface area contributed by atoms with E-state index in [2.05, 4.69) is 20.6 Å². The fourth-order valence-electron chi connectivity index (χ4n) is 4.72. The molecule has 3 aromatic heterocycles. The SMILES string of the molecule is CNc1c(C(=O)Nc2ccc(Oc3ccnc4cc(OC)c(OC)nc34)c(F)c2)c(=O)c(-c2ccc(F)cc2)c(C)n1C. The summed E-state index contributed by atoms with van der Waals surface area (Å²) in [6, 6.07) is 12.4. The number of fused-ring (bicyclic) bond motifs is 1. The Morgan fingerprint density at radius 1 is 0.953 bits per heavy atom. The highest BCUT2D eigenvalue weighted by atomic mass is 19.1. The number of methoxy groups -OCH3 is 2. The third kappa shape index (κ3) is 5.42. The van der Waals surface area contributed by atoms with E-state index >= 15 is 4.39 Å². The molecular formula is C31H27F2N5O5. The molecule has 2 N–H and O–H groups in total. The van der Waals surface area contributed by atoms with Gasteiger partial charge in [-0.25, -0.2) is 13.8 Å². The molecule has 0 aliphatic heterocycles. The number of anilines is 2. The Balaban J connectivity index is 1.46. The number of pyridine rings is 3. The van der Waals surface area contributed by atoms with Gasteiger partial charge in [-0.2, -0.15) is 0 Å². The van der Waals surface area contributed by atoms with Gasteiger partial charge in [-0.05, 0) is 36.8 Å². The van der Waals surface area contributed by atoms with Gasteiger partial charge in [0.05, 0.1) is 19.7 Å². The van der Waals surface area contributed by atoms with Gasteiger partial charge in [0, 0.05) is 55.4 Å². The predicted octanol–water partition coefficient (Wildman–Crippen LogP) is 5.69. The molecule has 0 fully saturated rings. The lowest BCUT2D eigenvalue weighted by Crippen LogP contribution is -2.28. The minimum Gasteiger partial charge on any atom is -0.491 e. The van der Waals surface area contributed by atoms with Gasteiger partial charge in [-0.15, -0.1) is 0 Å². The van der Waals surface area contributed by atoms with E-state index in [1.165, 1.54) is 62.9 Å². The number of nitrogens with one attached hydrogen (secondary N) is 2. The van der Waals surface area contributed by atoms with Gasteiger partial charge >= 0.3 is 0 Å². The Labute approximate surface area is 244 Å². The minimum atomic E-state index is -0.777. The van der Waals surface area contributed by atoms with Crippen molar-refractivity contribution in [3.63, 3.8) is 0 Å². The predicted molar refractivity (Wildman–Crippen MR) is 158 cm³/mol. The van der Waals surface area contributed by atoms with Crippen molar-refractivity contribution < 1.29 is 27.8 Å². The molecule has 220 valence electrons. The van der Waals surface area contributed by atoms with Crippen LogP contribution in [0, 0.1) is 18.6 Å². The number of rotatable bonds is 8. The summed E-state index contributed by atoms with van der Waals surface area (Å²) in [6.07, 6.45) is 1.49. The summed E-state index contributed by atoms with van der Waals surface area (Å²) < 4.78 is 46.8. The zero-order valence-corrected chi connectivity index (χ0v) is 23.9. The van der Waals surface area contributed by atoms with Crippen LogP contribution in [-0.2, 0) is 7.05 Å². The van der Waals surface area contributed by atoms with Crippen LogP contribution in [0.25, 0.3) is 22.2 Å². The van der Waals surface area contributed by atoms with Crippen molar-refractivity contribution >= 4 is 28.4 Å². The molecule has 12 heteroatoms. The summed E-state index contributed by atoms with van der Waals surface area (Å²) in [5.74, 6) is -1.06. The molecular weight excluding hydrogens is 560 g/mol. The minimum absolute atomic E-state index is 0.0898. The molecule has 0 aliphatic carbocycles. The smallest absolute Gasteiger partial charge is 0.263 e. The van der Waals surface area contributed by atoms with Crippen molar-refractivity contribution in [3.05, 3.63) is 93.9 Å². The summed E-state index contributed by atoms with van der Waals surface area (Å²) in [7, 11) is 6.19. The van der Waals surface area contributed by atoms with Crippen LogP contribution in [0.1, 0.15) is 16.1 Å². The van der Waals surface area contributed by atoms with Gasteiger partial charge in [0.15, 0.2) is 23.1 Å². The highest BCUT2D eigenvalue weighted by Crippen LogP contribution is 2.35. The van der Waals surface area contributed by atoms with E-state index in [-0.39, 0.29) is 40.0 Å². The van der Waals surface area contributed by atoms with Crippen LogP contribution in [0.5, 0.6) is 23.1 Å². The Morgan fingerprint density at radius 2 is 1.70 bits per heavy atom. The molecule has 0 saturated carbocycles. The molecule has 10 nitrogen and oxygen atoms in total. The quantitative estimate of drug-likeness (QED) is 0.238. The van der Waals surface area contributed by atoms with Crippen LogP contribution in [0.3, 0.4) is 0 Å². The van der Waals surface area contributed by atoms with E-state index in [9.17, 15) is 14.0 Å². The van der Waals surface area contributed by atoms with Crippen molar-refractivity contribution in [1.29, 1.82) is 0 Å². The van der Waals surface area contributed by atoms with Crippen LogP contribution in [0.15, 0.2) is 65.6 Å². The normalized spacial score (nSPS) is 10.9. The summed E-state index contributed by atoms with van der Waals surface area (Å²) in [6.45, 7) is 1.73. The van der Waals surface area contributed by atoms with Gasteiger partial charge < -0.3 is 29.4 Å². The molecule has 2 aromatic carbocycles. The number of halogens is 2. The Kier molecular flexibility index (Phi) is 7.93. The Bertz CT molecular complexity index is 1930. The molecule has 3 heterocycles. The molecule has 5 aromatic rings. The lowest BCUT2D eigenvalue weighted by Gasteiger charge is -2.19. The average Bonchev–Trinajstić information content (AvgIpc) is 3.00. The first-order valence-corrected chi connectivity index (χ1v) is 13.0. The molecule has 0 bridgehead atoms. The summed E-state index contributed by atoms with van der Waals surface area (Å²) in [5.41, 5.74) is 1.38. The number of carbonyl (C=O) groups excluding carboxylic acids is 1. The van der Waals surface area contributed by atoms with E-state index in [0.29, 0.717) is 28.0 Å². The summed E-state index contributed by atoms with van der Waals surface area (Å²) >= 11 is 0. The highest BCUT2D eigenvalue weighted by molar-refractivity contribution is 6.08. The highest BCUT2D eigenvalue weighted by Gasteiger charge is 2.24. The maximum absolute atomic E-state index is 15.2. The fraction of sp³-hybridized carbons (Fsp3) is 0.161. The molecule has 0 saturated heterocycles. The lowest BCUT2D eigenvalue weighted by atomic mass is 10.00. The molecule has 43 heavy (non-hydrogen) atoms. The van der Waals surface area contributed by atoms with E-state index < -0.39 is 23.0 Å². The van der Waals surface area contributed by atoms with Crippen molar-refractivity contribution in [3.8, 4) is 34.3 Å². The molecule has 0 spiro atoms. The molecule has 1 amide bonds. The average molecular weight is 588 g/mol. The van der Waals surface area contributed by atoms with E-state index in [1.807, 2.05) is 0 Å². The standard InChI is InChI=1S/C31H27F2N5O5/c1-16-25(17-6-8-18(32)9-7-17)28(39)26(29(34-2)38(16)3)30(40)36-19-10-11-22(20(33)14-19)43-23-12-13-35-21-15-24(41-4)31(42-5)37-27(21)23/h6-15,34H,1-5H3,(H,36,40). The third-order valence-electron chi connectivity index (χ3n) is 6.92. The van der Waals surface area contributed by atoms with Crippen LogP contribution >= 0.6 is 0 Å². The summed E-state index contributed by atoms with van der Waals surface area (Å²) in [5, 5.41) is 5.49. The van der Waals surface area contributed by atoms with Crippen LogP contribution < -0.4 is 30.3 Å². The van der Waals surface area contributed by atoms with Crippen LogP contribution in [0.2, 0.25) is 0 Å². The van der Waals surface area contributed by atoms with Crippen LogP contribution in [0.4, 0.5) is 20.3 Å². The Hall–Kier alpha value is -5.52. The van der Waals surface area contributed by atoms with Crippen molar-refractivity contribution in [1.82, 2.24) is 14.5 Å². The topological polar surface area (TPSA) is 117 Å². The van der Waals surface area contributed by atoms with Gasteiger partial charge in [0.1, 0.15) is 22.7 Å². The maximum Gasteiger partial charge on any atom is 0.263 e. The number of amides is 1. The monoisotopic (exact) mass is 587 g/mol. The van der Waals surface area contributed by atoms with Gasteiger partial charge in [-0.1, -0.05) is 12.1 Å². The number of nitrogens with zero attached hydrogens (tertiary/aromatic N) is 3. The number of carbonyl (C=O) groups is 1. The maximum atomic E-state index is 15.2. The van der Waals surface area contributed by atoms with E-state index in [0.717, 1.165) is 6.07 Å². The van der Waals surface area contributed by atoms with Crippen LogP contribution in [-0.4, -0.2) is 41.7 Å². The van der Waals surface area contributed by atoms with Crippen molar-refractivity contribution in [2.75, 3.05) is 31.9 Å². The zero-order valence-electron chi connectivity index (χ0n) is 23.9. The molecule has 0 unspecified atom stereocenters. The number of aromatic nitrogens is 3. The second kappa shape index (κ2) is 11.8. The first kappa shape index (κ1) is 29.0. The first-order chi connectivity index (χ1) is 20.7. The third-order valence-corrected chi connectivity index (χ3v) is 6.92. The summed E-state index contributed by atoms with van der Waals surface area (Å²) in [4.78, 5) is 35.7. The van der Waals surface area contributed by atoms with E-state index in [4.69, 9.17) is 14.2 Å². The first-order valence-electron chi connectivity index (χ1n) is 13.0. The molecule has 0 atom stereocenters. The van der Waals surface area contributed by atoms with Gasteiger partial charge in [0.25, 0.3) is 11.8 Å². The lowest BCUT2D eigenvalue weighted by molar-refractivity contribution is 0.102.